The summed E-state index contributed by atoms with van der Waals surface area (Å²) in [4.78, 5) is 24.9. The molecule has 0 spiro atoms. The summed E-state index contributed by atoms with van der Waals surface area (Å²) < 4.78 is 34.1. The molecule has 12 heteroatoms. The molecule has 0 rings (SSSR count). The van der Waals surface area contributed by atoms with Crippen molar-refractivity contribution in [3.8, 4) is 0 Å². The maximum Gasteiger partial charge on any atom is 0.305 e. The van der Waals surface area contributed by atoms with Gasteiger partial charge in [-0.05, 0) is 44.6 Å². The third kappa shape index (κ3) is 39.1. The number of esters is 1. The van der Waals surface area contributed by atoms with E-state index in [-0.39, 0.29) is 39.1 Å². The first-order valence-corrected chi connectivity index (χ1v) is 23.5. The van der Waals surface area contributed by atoms with Crippen LogP contribution in [0.1, 0.15) is 142 Å². The highest BCUT2D eigenvalue weighted by Gasteiger charge is 2.20. The molecule has 0 bridgehead atoms. The SMILES string of the molecule is CC/C=C\C[C@@H](O)/C=C/C=C/C=C\C=C/[C@H](O)[C@@H](O)CCCC(=O)OC[C@H](COP(=O)([O-])OCC[N+](C)(C)C)O/C=C/CCCCCCCCCCCCCCCC. The van der Waals surface area contributed by atoms with Crippen molar-refractivity contribution < 1.29 is 52.6 Å². The molecule has 11 nitrogen and oxygen atoms in total. The van der Waals surface area contributed by atoms with Gasteiger partial charge < -0.3 is 43.2 Å². The predicted molar refractivity (Wildman–Crippen MR) is 235 cm³/mol. The fourth-order valence-electron chi connectivity index (χ4n) is 5.58. The minimum Gasteiger partial charge on any atom is -0.756 e. The monoisotopic (exact) mass is 840 g/mol. The van der Waals surface area contributed by atoms with Gasteiger partial charge in [0.15, 0.2) is 6.10 Å². The molecular formula is C46H82NO10P. The first kappa shape index (κ1) is 55.7. The number of rotatable bonds is 39. The first-order valence-electron chi connectivity index (χ1n) is 22.0. The highest BCUT2D eigenvalue weighted by atomic mass is 31.2. The quantitative estimate of drug-likeness (QED) is 0.0104. The van der Waals surface area contributed by atoms with Crippen LogP contribution in [-0.4, -0.2) is 97.7 Å². The molecule has 1 unspecified atom stereocenters. The summed E-state index contributed by atoms with van der Waals surface area (Å²) in [5, 5.41) is 30.4. The second kappa shape index (κ2) is 37.6. The van der Waals surface area contributed by atoms with E-state index in [1.165, 1.54) is 89.4 Å². The lowest BCUT2D eigenvalue weighted by molar-refractivity contribution is -0.870. The normalized spacial score (nSPS) is 16.0. The van der Waals surface area contributed by atoms with E-state index in [0.717, 1.165) is 25.7 Å². The molecule has 0 aliphatic rings. The Morgan fingerprint density at radius 3 is 1.86 bits per heavy atom. The number of aliphatic hydroxyl groups excluding tert-OH is 3. The fourth-order valence-corrected chi connectivity index (χ4v) is 6.31. The molecule has 0 saturated heterocycles. The van der Waals surface area contributed by atoms with Crippen LogP contribution >= 0.6 is 7.82 Å². The smallest absolute Gasteiger partial charge is 0.305 e. The second-order valence-corrected chi connectivity index (χ2v) is 17.4. The number of nitrogens with zero attached hydrogens (tertiary/aromatic N) is 1. The van der Waals surface area contributed by atoms with E-state index in [0.29, 0.717) is 17.4 Å². The van der Waals surface area contributed by atoms with Gasteiger partial charge in [0.05, 0.1) is 52.3 Å². The Morgan fingerprint density at radius 2 is 1.28 bits per heavy atom. The molecule has 0 fully saturated rings. The maximum absolute atomic E-state index is 12.5. The van der Waals surface area contributed by atoms with Gasteiger partial charge in [-0.3, -0.25) is 9.36 Å². The summed E-state index contributed by atoms with van der Waals surface area (Å²) in [6, 6.07) is 0. The molecule has 0 radical (unpaired) electrons. The number of likely N-dealkylation sites (N-methyl/N-ethyl adjacent to an activating group) is 1. The molecule has 58 heavy (non-hydrogen) atoms. The summed E-state index contributed by atoms with van der Waals surface area (Å²) >= 11 is 0. The van der Waals surface area contributed by atoms with Crippen molar-refractivity contribution in [2.24, 2.45) is 0 Å². The van der Waals surface area contributed by atoms with Gasteiger partial charge in [0.25, 0.3) is 7.82 Å². The van der Waals surface area contributed by atoms with Gasteiger partial charge in [-0.25, -0.2) is 0 Å². The molecule has 0 aliphatic heterocycles. The molecule has 3 N–H and O–H groups in total. The molecule has 0 saturated carbocycles. The number of hydrogen-bond donors (Lipinski definition) is 3. The Balaban J connectivity index is 4.62. The number of quaternary nitrogens is 1. The molecular weight excluding hydrogens is 757 g/mol. The molecule has 0 heterocycles. The van der Waals surface area contributed by atoms with Gasteiger partial charge in [-0.15, -0.1) is 0 Å². The molecule has 0 aromatic rings. The Bertz CT molecular complexity index is 1210. The fraction of sp³-hybridized carbons (Fsp3) is 0.717. The summed E-state index contributed by atoms with van der Waals surface area (Å²) in [6.07, 6.45) is 38.2. The average Bonchev–Trinajstić information content (AvgIpc) is 3.17. The lowest BCUT2D eigenvalue weighted by Crippen LogP contribution is -2.37. The van der Waals surface area contributed by atoms with Crippen molar-refractivity contribution in [2.75, 3.05) is 47.5 Å². The number of aliphatic hydroxyl groups is 3. The largest absolute Gasteiger partial charge is 0.756 e. The van der Waals surface area contributed by atoms with Crippen LogP contribution in [0, 0.1) is 0 Å². The van der Waals surface area contributed by atoms with Crippen LogP contribution in [0.2, 0.25) is 0 Å². The lowest BCUT2D eigenvalue weighted by atomic mass is 10.0. The molecule has 0 amide bonds. The number of hydrogen-bond acceptors (Lipinski definition) is 10. The zero-order valence-electron chi connectivity index (χ0n) is 36.8. The van der Waals surface area contributed by atoms with Gasteiger partial charge in [0.2, 0.25) is 0 Å². The Labute approximate surface area is 352 Å². The Kier molecular flexibility index (Phi) is 36.1. The van der Waals surface area contributed by atoms with Gasteiger partial charge in [-0.2, -0.15) is 0 Å². The number of ether oxygens (including phenoxy) is 2. The van der Waals surface area contributed by atoms with Crippen LogP contribution in [0.15, 0.2) is 73.1 Å². The van der Waals surface area contributed by atoms with Crippen LogP contribution < -0.4 is 4.89 Å². The Morgan fingerprint density at radius 1 is 0.707 bits per heavy atom. The van der Waals surface area contributed by atoms with Crippen LogP contribution in [0.4, 0.5) is 0 Å². The number of allylic oxidation sites excluding steroid dienone is 8. The molecule has 0 aliphatic carbocycles. The van der Waals surface area contributed by atoms with Crippen molar-refractivity contribution in [2.45, 2.75) is 167 Å². The van der Waals surface area contributed by atoms with Crippen LogP contribution in [0.3, 0.4) is 0 Å². The van der Waals surface area contributed by atoms with Gasteiger partial charge in [0, 0.05) is 6.42 Å². The average molecular weight is 840 g/mol. The summed E-state index contributed by atoms with van der Waals surface area (Å²) in [7, 11) is 1.16. The van der Waals surface area contributed by atoms with Crippen LogP contribution in [0.5, 0.6) is 0 Å². The van der Waals surface area contributed by atoms with E-state index in [1.807, 2.05) is 46.3 Å². The van der Waals surface area contributed by atoms with E-state index < -0.39 is 38.2 Å². The van der Waals surface area contributed by atoms with Gasteiger partial charge in [0.1, 0.15) is 19.8 Å². The van der Waals surface area contributed by atoms with Crippen molar-refractivity contribution in [1.29, 1.82) is 0 Å². The van der Waals surface area contributed by atoms with E-state index in [1.54, 1.807) is 42.5 Å². The molecule has 5 atom stereocenters. The van der Waals surface area contributed by atoms with Crippen LogP contribution in [-0.2, 0) is 27.9 Å². The number of carbonyl (C=O) groups is 1. The number of phosphoric acid groups is 1. The Hall–Kier alpha value is -2.34. The predicted octanol–water partition coefficient (Wildman–Crippen LogP) is 9.34. The van der Waals surface area contributed by atoms with Gasteiger partial charge >= 0.3 is 5.97 Å². The minimum atomic E-state index is -4.60. The summed E-state index contributed by atoms with van der Waals surface area (Å²) in [6.45, 7) is 4.11. The minimum absolute atomic E-state index is 0.00788. The van der Waals surface area contributed by atoms with Gasteiger partial charge in [-0.1, -0.05) is 158 Å². The van der Waals surface area contributed by atoms with Crippen LogP contribution in [0.25, 0.3) is 0 Å². The zero-order valence-corrected chi connectivity index (χ0v) is 37.7. The first-order chi connectivity index (χ1) is 27.8. The van der Waals surface area contributed by atoms with Crippen molar-refractivity contribution in [3.63, 3.8) is 0 Å². The lowest BCUT2D eigenvalue weighted by Gasteiger charge is -2.28. The summed E-state index contributed by atoms with van der Waals surface area (Å²) in [5.41, 5.74) is 0. The molecule has 0 aromatic carbocycles. The number of unbranched alkanes of at least 4 members (excludes halogenated alkanes) is 14. The van der Waals surface area contributed by atoms with E-state index in [9.17, 15) is 29.6 Å². The van der Waals surface area contributed by atoms with Crippen molar-refractivity contribution in [1.82, 2.24) is 0 Å². The highest BCUT2D eigenvalue weighted by Crippen LogP contribution is 2.38. The number of phosphoric ester groups is 1. The summed E-state index contributed by atoms with van der Waals surface area (Å²) in [5.74, 6) is -0.546. The van der Waals surface area contributed by atoms with Crippen molar-refractivity contribution in [3.05, 3.63) is 73.1 Å². The third-order valence-corrected chi connectivity index (χ3v) is 10.2. The van der Waals surface area contributed by atoms with E-state index in [2.05, 4.69) is 6.92 Å². The molecule has 336 valence electrons. The molecule has 0 aromatic heterocycles. The zero-order chi connectivity index (χ0) is 43.2. The topological polar surface area (TPSA) is 155 Å². The third-order valence-electron chi connectivity index (χ3n) is 9.20. The van der Waals surface area contributed by atoms with E-state index >= 15 is 0 Å². The highest BCUT2D eigenvalue weighted by molar-refractivity contribution is 7.45. The van der Waals surface area contributed by atoms with E-state index in [4.69, 9.17) is 18.5 Å². The van der Waals surface area contributed by atoms with Crippen molar-refractivity contribution >= 4 is 13.8 Å². The number of carbonyl (C=O) groups excluding carboxylic acids is 1. The second-order valence-electron chi connectivity index (χ2n) is 16.0. The maximum atomic E-state index is 12.5. The standard InChI is InChI=1S/C46H82NO10P/c1-6-8-10-11-12-13-14-15-16-17-18-19-20-23-26-30-38-54-43(41-57-58(52,53)56-39-37-47(3,4)5)40-55-46(51)36-31-35-45(50)44(49)34-29-25-22-21-24-28-33-42(48)32-27-9-7-2/h9,21-22,24-25,27-30,33-34,38,42-45,48-50H,6-8,10-20,23,26,31-32,35-37,39-41H2,1-5H3/b24-21+,25-22-,27-9-,33-28+,34-29-,38-30+/t42-,43-,44+,45+/m1/s1.